The van der Waals surface area contributed by atoms with E-state index >= 15 is 0 Å². The number of benzene rings is 1. The van der Waals surface area contributed by atoms with Crippen molar-refractivity contribution >= 4 is 16.6 Å². The van der Waals surface area contributed by atoms with E-state index < -0.39 is 0 Å². The Kier molecular flexibility index (Phi) is 4.05. The third-order valence-electron chi connectivity index (χ3n) is 4.20. The number of phenolic OH excluding ortho intramolecular Hbond substituents is 1. The quantitative estimate of drug-likeness (QED) is 0.846. The SMILES string of the molecule is Oc1ccc2ccnc(NC3CCCCCCC3)c2c1. The van der Waals surface area contributed by atoms with Gasteiger partial charge in [-0.2, -0.15) is 0 Å². The van der Waals surface area contributed by atoms with Crippen LogP contribution in [0.2, 0.25) is 0 Å². The molecule has 1 aliphatic carbocycles. The molecule has 1 aromatic carbocycles. The first-order valence-electron chi connectivity index (χ1n) is 7.67. The van der Waals surface area contributed by atoms with Crippen LogP contribution in [0.1, 0.15) is 44.9 Å². The normalized spacial score (nSPS) is 17.6. The van der Waals surface area contributed by atoms with Crippen LogP contribution in [0.3, 0.4) is 0 Å². The number of rotatable bonds is 2. The Labute approximate surface area is 120 Å². The van der Waals surface area contributed by atoms with E-state index in [4.69, 9.17) is 0 Å². The molecule has 1 fully saturated rings. The lowest BCUT2D eigenvalue weighted by molar-refractivity contribution is 0.470. The van der Waals surface area contributed by atoms with E-state index in [0.29, 0.717) is 11.8 Å². The summed E-state index contributed by atoms with van der Waals surface area (Å²) in [7, 11) is 0. The summed E-state index contributed by atoms with van der Waals surface area (Å²) in [6, 6.07) is 7.96. The van der Waals surface area contributed by atoms with Crippen molar-refractivity contribution in [3.8, 4) is 5.75 Å². The summed E-state index contributed by atoms with van der Waals surface area (Å²) in [5, 5.41) is 15.4. The Morgan fingerprint density at radius 1 is 1.00 bits per heavy atom. The molecule has 0 bridgehead atoms. The Morgan fingerprint density at radius 3 is 2.55 bits per heavy atom. The standard InChI is InChI=1S/C17H22N2O/c20-15-9-8-13-10-11-18-17(16(13)12-15)19-14-6-4-2-1-3-5-7-14/h8-12,14,20H,1-7H2,(H,18,19). The maximum absolute atomic E-state index is 9.69. The Bertz CT molecular complexity index is 574. The largest absolute Gasteiger partial charge is 0.508 e. The lowest BCUT2D eigenvalue weighted by Crippen LogP contribution is -2.21. The fourth-order valence-corrected chi connectivity index (χ4v) is 3.07. The summed E-state index contributed by atoms with van der Waals surface area (Å²) in [4.78, 5) is 4.47. The fourth-order valence-electron chi connectivity index (χ4n) is 3.07. The number of hydrogen-bond donors (Lipinski definition) is 2. The van der Waals surface area contributed by atoms with E-state index in [0.717, 1.165) is 16.6 Å². The van der Waals surface area contributed by atoms with Crippen LogP contribution in [0, 0.1) is 0 Å². The van der Waals surface area contributed by atoms with E-state index in [9.17, 15) is 5.11 Å². The van der Waals surface area contributed by atoms with Gasteiger partial charge in [0.2, 0.25) is 0 Å². The topological polar surface area (TPSA) is 45.2 Å². The van der Waals surface area contributed by atoms with Gasteiger partial charge in [0.1, 0.15) is 11.6 Å². The number of nitrogens with zero attached hydrogens (tertiary/aromatic N) is 1. The fraction of sp³-hybridized carbons (Fsp3) is 0.471. The first-order chi connectivity index (χ1) is 9.83. The van der Waals surface area contributed by atoms with Gasteiger partial charge in [-0.25, -0.2) is 4.98 Å². The van der Waals surface area contributed by atoms with Crippen molar-refractivity contribution in [3.05, 3.63) is 30.5 Å². The Morgan fingerprint density at radius 2 is 1.75 bits per heavy atom. The van der Waals surface area contributed by atoms with Gasteiger partial charge in [-0.3, -0.25) is 0 Å². The highest BCUT2D eigenvalue weighted by Crippen LogP contribution is 2.27. The van der Waals surface area contributed by atoms with Gasteiger partial charge in [0, 0.05) is 17.6 Å². The van der Waals surface area contributed by atoms with Crippen LogP contribution in [0.4, 0.5) is 5.82 Å². The zero-order chi connectivity index (χ0) is 13.8. The summed E-state index contributed by atoms with van der Waals surface area (Å²) in [6.45, 7) is 0. The van der Waals surface area contributed by atoms with Gasteiger partial charge in [0.05, 0.1) is 0 Å². The van der Waals surface area contributed by atoms with Crippen molar-refractivity contribution in [2.24, 2.45) is 0 Å². The number of fused-ring (bicyclic) bond motifs is 1. The van der Waals surface area contributed by atoms with Crippen LogP contribution >= 0.6 is 0 Å². The minimum absolute atomic E-state index is 0.297. The van der Waals surface area contributed by atoms with E-state index in [1.165, 1.54) is 44.9 Å². The lowest BCUT2D eigenvalue weighted by atomic mass is 9.96. The van der Waals surface area contributed by atoms with E-state index in [1.54, 1.807) is 12.1 Å². The maximum Gasteiger partial charge on any atom is 0.134 e. The summed E-state index contributed by atoms with van der Waals surface area (Å²) < 4.78 is 0. The molecule has 0 unspecified atom stereocenters. The predicted octanol–water partition coefficient (Wildman–Crippen LogP) is 4.47. The van der Waals surface area contributed by atoms with Crippen LogP contribution in [0.5, 0.6) is 5.75 Å². The second-order valence-electron chi connectivity index (χ2n) is 5.75. The molecule has 0 spiro atoms. The highest BCUT2D eigenvalue weighted by Gasteiger charge is 2.13. The molecule has 20 heavy (non-hydrogen) atoms. The summed E-state index contributed by atoms with van der Waals surface area (Å²) in [6.07, 6.45) is 11.0. The highest BCUT2D eigenvalue weighted by molar-refractivity contribution is 5.92. The van der Waals surface area contributed by atoms with E-state index in [1.807, 2.05) is 18.3 Å². The van der Waals surface area contributed by atoms with Crippen LogP contribution < -0.4 is 5.32 Å². The molecule has 0 aliphatic heterocycles. The molecule has 106 valence electrons. The number of aromatic nitrogens is 1. The van der Waals surface area contributed by atoms with Crippen LogP contribution in [0.25, 0.3) is 10.8 Å². The number of pyridine rings is 1. The first kappa shape index (κ1) is 13.2. The molecule has 0 radical (unpaired) electrons. The molecule has 2 aromatic rings. The van der Waals surface area contributed by atoms with E-state index in [2.05, 4.69) is 10.3 Å². The molecule has 3 heteroatoms. The summed E-state index contributed by atoms with van der Waals surface area (Å²) in [5.41, 5.74) is 0. The molecule has 1 heterocycles. The molecule has 0 saturated heterocycles. The van der Waals surface area contributed by atoms with Gasteiger partial charge in [-0.05, 0) is 36.4 Å². The average Bonchev–Trinajstić information content (AvgIpc) is 2.42. The van der Waals surface area contributed by atoms with Gasteiger partial charge in [0.25, 0.3) is 0 Å². The molecule has 1 saturated carbocycles. The van der Waals surface area contributed by atoms with Gasteiger partial charge in [0.15, 0.2) is 0 Å². The molecule has 2 N–H and O–H groups in total. The first-order valence-corrected chi connectivity index (χ1v) is 7.67. The Balaban J connectivity index is 1.83. The van der Waals surface area contributed by atoms with Gasteiger partial charge in [-0.1, -0.05) is 38.2 Å². The molecular weight excluding hydrogens is 248 g/mol. The monoisotopic (exact) mass is 270 g/mol. The lowest BCUT2D eigenvalue weighted by Gasteiger charge is -2.22. The number of aromatic hydroxyl groups is 1. The van der Waals surface area contributed by atoms with Crippen molar-refractivity contribution in [2.75, 3.05) is 5.32 Å². The van der Waals surface area contributed by atoms with Crippen molar-refractivity contribution in [1.29, 1.82) is 0 Å². The number of hydrogen-bond acceptors (Lipinski definition) is 3. The number of anilines is 1. The molecule has 1 aromatic heterocycles. The van der Waals surface area contributed by atoms with Gasteiger partial charge in [-0.15, -0.1) is 0 Å². The second-order valence-corrected chi connectivity index (χ2v) is 5.75. The van der Waals surface area contributed by atoms with E-state index in [-0.39, 0.29) is 0 Å². The van der Waals surface area contributed by atoms with Gasteiger partial charge >= 0.3 is 0 Å². The highest BCUT2D eigenvalue weighted by atomic mass is 16.3. The smallest absolute Gasteiger partial charge is 0.134 e. The Hall–Kier alpha value is -1.77. The van der Waals surface area contributed by atoms with Crippen molar-refractivity contribution in [2.45, 2.75) is 51.0 Å². The van der Waals surface area contributed by atoms with Crippen LogP contribution in [-0.2, 0) is 0 Å². The van der Waals surface area contributed by atoms with Crippen molar-refractivity contribution < 1.29 is 5.11 Å². The van der Waals surface area contributed by atoms with Crippen molar-refractivity contribution in [1.82, 2.24) is 4.98 Å². The predicted molar refractivity (Wildman–Crippen MR) is 83.1 cm³/mol. The molecular formula is C17H22N2O. The zero-order valence-electron chi connectivity index (χ0n) is 11.8. The molecule has 0 atom stereocenters. The number of phenols is 1. The minimum atomic E-state index is 0.297. The molecule has 3 rings (SSSR count). The summed E-state index contributed by atoms with van der Waals surface area (Å²) >= 11 is 0. The second kappa shape index (κ2) is 6.12. The maximum atomic E-state index is 9.69. The molecule has 3 nitrogen and oxygen atoms in total. The summed E-state index contributed by atoms with van der Waals surface area (Å²) in [5.74, 6) is 1.20. The van der Waals surface area contributed by atoms with Crippen LogP contribution in [0.15, 0.2) is 30.5 Å². The average molecular weight is 270 g/mol. The third kappa shape index (κ3) is 3.03. The minimum Gasteiger partial charge on any atom is -0.508 e. The van der Waals surface area contributed by atoms with Gasteiger partial charge < -0.3 is 10.4 Å². The molecule has 1 aliphatic rings. The zero-order valence-corrected chi connectivity index (χ0v) is 11.8. The van der Waals surface area contributed by atoms with Crippen molar-refractivity contribution in [3.63, 3.8) is 0 Å². The number of nitrogens with one attached hydrogen (secondary N) is 1. The van der Waals surface area contributed by atoms with Crippen LogP contribution in [-0.4, -0.2) is 16.1 Å². The third-order valence-corrected chi connectivity index (χ3v) is 4.20. The molecule has 0 amide bonds.